The topological polar surface area (TPSA) is 147 Å². The Hall–Kier alpha value is -1.82. The molecule has 1 aliphatic rings. The van der Waals surface area contributed by atoms with Gasteiger partial charge in [-0.2, -0.15) is 16.8 Å². The molecule has 0 spiro atoms. The van der Waals surface area contributed by atoms with Crippen LogP contribution < -0.4 is 11.3 Å². The van der Waals surface area contributed by atoms with E-state index in [9.17, 15) is 16.8 Å². The Kier molecular flexibility index (Phi) is 8.54. The van der Waals surface area contributed by atoms with E-state index in [1.807, 2.05) is 13.8 Å². The maximum absolute atomic E-state index is 10.5. The van der Waals surface area contributed by atoms with Crippen molar-refractivity contribution in [2.75, 3.05) is 0 Å². The molecule has 8 nitrogen and oxygen atoms in total. The quantitative estimate of drug-likeness (QED) is 0.338. The lowest BCUT2D eigenvalue weighted by molar-refractivity contribution is 0.481. The molecule has 0 radical (unpaired) electrons. The Labute approximate surface area is 159 Å². The van der Waals surface area contributed by atoms with Gasteiger partial charge in [-0.3, -0.25) is 20.4 Å². The normalized spacial score (nSPS) is 13.7. The average molecular weight is 417 g/mol. The summed E-state index contributed by atoms with van der Waals surface area (Å²) in [6, 6.07) is 12.6. The van der Waals surface area contributed by atoms with Crippen LogP contribution in [0.25, 0.3) is 0 Å². The molecule has 0 aliphatic heterocycles. The van der Waals surface area contributed by atoms with Crippen LogP contribution in [-0.2, 0) is 20.2 Å². The van der Waals surface area contributed by atoms with Gasteiger partial charge in [-0.25, -0.2) is 0 Å². The minimum absolute atomic E-state index is 0.0666. The third-order valence-electron chi connectivity index (χ3n) is 3.45. The molecule has 10 heteroatoms. The van der Waals surface area contributed by atoms with Gasteiger partial charge in [0.2, 0.25) is 0 Å². The number of nitrogens with one attached hydrogen (secondary N) is 1. The van der Waals surface area contributed by atoms with Crippen molar-refractivity contribution in [3.8, 4) is 0 Å². The number of aryl methyl sites for hydroxylation is 2. The van der Waals surface area contributed by atoms with Crippen LogP contribution in [-0.4, -0.2) is 32.0 Å². The number of hydrogen-bond donors (Lipinski definition) is 4. The average Bonchev–Trinajstić information content (AvgIpc) is 3.39. The van der Waals surface area contributed by atoms with Gasteiger partial charge in [-0.05, 0) is 51.0 Å². The summed E-state index contributed by atoms with van der Waals surface area (Å²) in [5.41, 5.74) is 4.55. The van der Waals surface area contributed by atoms with E-state index in [2.05, 4.69) is 5.43 Å². The summed E-state index contributed by atoms with van der Waals surface area (Å²) >= 11 is 0. The highest BCUT2D eigenvalue weighted by Gasteiger charge is 2.17. The van der Waals surface area contributed by atoms with Gasteiger partial charge < -0.3 is 0 Å². The first-order chi connectivity index (χ1) is 12.4. The van der Waals surface area contributed by atoms with Crippen LogP contribution in [0.15, 0.2) is 58.3 Å². The highest BCUT2D eigenvalue weighted by Crippen LogP contribution is 2.16. The zero-order chi connectivity index (χ0) is 20.7. The fourth-order valence-electron chi connectivity index (χ4n) is 1.67. The molecule has 3 rings (SSSR count). The number of hydrazine groups is 1. The van der Waals surface area contributed by atoms with Crippen molar-refractivity contribution in [1.82, 2.24) is 5.43 Å². The van der Waals surface area contributed by atoms with Crippen LogP contribution in [0, 0.1) is 13.8 Å². The van der Waals surface area contributed by atoms with E-state index >= 15 is 0 Å². The number of rotatable bonds is 3. The highest BCUT2D eigenvalue weighted by atomic mass is 32.2. The molecule has 1 fully saturated rings. The molecule has 0 amide bonds. The molecule has 2 aromatic rings. The maximum atomic E-state index is 10.5. The molecule has 0 unspecified atom stereocenters. The smallest absolute Gasteiger partial charge is 0.282 e. The summed E-state index contributed by atoms with van der Waals surface area (Å²) in [4.78, 5) is -0.133. The summed E-state index contributed by atoms with van der Waals surface area (Å²) in [5, 5.41) is 0. The van der Waals surface area contributed by atoms with Gasteiger partial charge in [0.05, 0.1) is 9.79 Å². The lowest BCUT2D eigenvalue weighted by atomic mass is 10.2. The van der Waals surface area contributed by atoms with Crippen molar-refractivity contribution < 1.29 is 25.9 Å². The Bertz CT molecular complexity index is 847. The van der Waals surface area contributed by atoms with Gasteiger partial charge >= 0.3 is 0 Å². The Morgan fingerprint density at radius 2 is 1.07 bits per heavy atom. The monoisotopic (exact) mass is 416 g/mol. The lowest BCUT2D eigenvalue weighted by Crippen LogP contribution is -2.23. The minimum Gasteiger partial charge on any atom is -0.282 e. The van der Waals surface area contributed by atoms with Crippen LogP contribution >= 0.6 is 0 Å². The summed E-state index contributed by atoms with van der Waals surface area (Å²) in [6.45, 7) is 3.68. The summed E-state index contributed by atoms with van der Waals surface area (Å²) in [7, 11) is -8.04. The zero-order valence-corrected chi connectivity index (χ0v) is 16.7. The second-order valence-electron chi connectivity index (χ2n) is 6.02. The van der Waals surface area contributed by atoms with Crippen molar-refractivity contribution in [3.05, 3.63) is 59.7 Å². The van der Waals surface area contributed by atoms with E-state index in [0.29, 0.717) is 6.04 Å². The summed E-state index contributed by atoms with van der Waals surface area (Å²) in [6.07, 6.45) is 2.55. The SMILES string of the molecule is Cc1ccc(S(=O)(=O)O)cc1.Cc1ccc(S(=O)(=O)O)cc1.NNC1CC1. The standard InChI is InChI=1S/2C7H8O3S.C3H8N2/c2*1-6-2-4-7(5-3-6)11(8,9)10;4-5-3-1-2-3/h2*2-5H,1H3,(H,8,9,10);3,5H,1-2,4H2. The minimum atomic E-state index is -4.02. The molecular formula is C17H24N2O6S2. The Balaban J connectivity index is 0.000000216. The molecule has 5 N–H and O–H groups in total. The van der Waals surface area contributed by atoms with E-state index in [0.717, 1.165) is 11.1 Å². The first-order valence-corrected chi connectivity index (χ1v) is 10.9. The summed E-state index contributed by atoms with van der Waals surface area (Å²) < 4.78 is 59.1. The Morgan fingerprint density at radius 1 is 0.778 bits per heavy atom. The van der Waals surface area contributed by atoms with Gasteiger partial charge in [0.1, 0.15) is 0 Å². The van der Waals surface area contributed by atoms with E-state index in [4.69, 9.17) is 14.9 Å². The van der Waals surface area contributed by atoms with Crippen LogP contribution in [0.4, 0.5) is 0 Å². The van der Waals surface area contributed by atoms with Crippen molar-refractivity contribution in [3.63, 3.8) is 0 Å². The van der Waals surface area contributed by atoms with Crippen molar-refractivity contribution in [2.45, 2.75) is 42.5 Å². The second kappa shape index (κ2) is 9.93. The van der Waals surface area contributed by atoms with Crippen LogP contribution in [0.2, 0.25) is 0 Å². The van der Waals surface area contributed by atoms with Gasteiger partial charge in [0.25, 0.3) is 20.2 Å². The van der Waals surface area contributed by atoms with Gasteiger partial charge in [0, 0.05) is 6.04 Å². The molecule has 0 atom stereocenters. The number of nitrogens with two attached hydrogens (primary N) is 1. The van der Waals surface area contributed by atoms with Crippen molar-refractivity contribution >= 4 is 20.2 Å². The largest absolute Gasteiger partial charge is 0.294 e. The molecule has 0 saturated heterocycles. The molecule has 0 aromatic heterocycles. The van der Waals surface area contributed by atoms with E-state index < -0.39 is 20.2 Å². The lowest BCUT2D eigenvalue weighted by Gasteiger charge is -1.95. The fraction of sp³-hybridized carbons (Fsp3) is 0.294. The first-order valence-electron chi connectivity index (χ1n) is 7.98. The van der Waals surface area contributed by atoms with Gasteiger partial charge in [-0.15, -0.1) is 0 Å². The van der Waals surface area contributed by atoms with Gasteiger partial charge in [-0.1, -0.05) is 35.4 Å². The number of benzene rings is 2. The second-order valence-corrected chi connectivity index (χ2v) is 8.86. The summed E-state index contributed by atoms with van der Waals surface area (Å²) in [5.74, 6) is 4.98. The third kappa shape index (κ3) is 9.61. The van der Waals surface area contributed by atoms with E-state index in [-0.39, 0.29) is 9.79 Å². The highest BCUT2D eigenvalue weighted by molar-refractivity contribution is 7.86. The van der Waals surface area contributed by atoms with Gasteiger partial charge in [0.15, 0.2) is 0 Å². The first kappa shape index (κ1) is 23.2. The fourth-order valence-corrected chi connectivity index (χ4v) is 2.63. The van der Waals surface area contributed by atoms with E-state index in [1.165, 1.54) is 37.1 Å². The van der Waals surface area contributed by atoms with Crippen molar-refractivity contribution in [1.29, 1.82) is 0 Å². The Morgan fingerprint density at radius 3 is 1.22 bits per heavy atom. The number of hydrogen-bond acceptors (Lipinski definition) is 6. The van der Waals surface area contributed by atoms with Crippen LogP contribution in [0.1, 0.15) is 24.0 Å². The van der Waals surface area contributed by atoms with Crippen LogP contribution in [0.5, 0.6) is 0 Å². The van der Waals surface area contributed by atoms with Crippen LogP contribution in [0.3, 0.4) is 0 Å². The molecule has 150 valence electrons. The van der Waals surface area contributed by atoms with E-state index in [1.54, 1.807) is 24.3 Å². The molecule has 0 heterocycles. The molecule has 27 heavy (non-hydrogen) atoms. The zero-order valence-electron chi connectivity index (χ0n) is 15.0. The molecule has 1 aliphatic carbocycles. The third-order valence-corrected chi connectivity index (χ3v) is 5.19. The van der Waals surface area contributed by atoms with Crippen molar-refractivity contribution in [2.24, 2.45) is 5.84 Å². The predicted octanol–water partition coefficient (Wildman–Crippen LogP) is 2.10. The molecule has 1 saturated carbocycles. The molecular weight excluding hydrogens is 392 g/mol. The molecule has 0 bridgehead atoms. The molecule has 2 aromatic carbocycles. The predicted molar refractivity (Wildman–Crippen MR) is 102 cm³/mol. The maximum Gasteiger partial charge on any atom is 0.294 e.